The summed E-state index contributed by atoms with van der Waals surface area (Å²) in [6.45, 7) is 1.79. The molecular formula is C27H26FN3O2. The van der Waals surface area contributed by atoms with E-state index in [4.69, 9.17) is 0 Å². The summed E-state index contributed by atoms with van der Waals surface area (Å²) < 4.78 is 13.3. The van der Waals surface area contributed by atoms with Crippen molar-refractivity contribution in [1.82, 2.24) is 10.2 Å². The monoisotopic (exact) mass is 443 g/mol. The summed E-state index contributed by atoms with van der Waals surface area (Å²) in [5.74, 6) is -0.174. The van der Waals surface area contributed by atoms with Gasteiger partial charge >= 0.3 is 6.03 Å². The van der Waals surface area contributed by atoms with Crippen LogP contribution in [0.2, 0.25) is 0 Å². The molecule has 3 aromatic carbocycles. The molecule has 1 atom stereocenters. The molecule has 1 aliphatic heterocycles. The minimum Gasteiger partial charge on any atom is -0.338 e. The minimum atomic E-state index is -0.398. The normalized spacial score (nSPS) is 16.6. The predicted octanol–water partition coefficient (Wildman–Crippen LogP) is 5.07. The molecule has 3 aromatic rings. The van der Waals surface area contributed by atoms with Crippen LogP contribution in [-0.2, 0) is 6.42 Å². The SMILES string of the molecule is O=C(NCC1CCCN(C(=O)c2ccc3c(c2)Cc2ccccc2-3)C1)Nc1cccc(F)c1. The van der Waals surface area contributed by atoms with Crippen LogP contribution in [0.1, 0.15) is 34.3 Å². The van der Waals surface area contributed by atoms with Crippen LogP contribution in [0, 0.1) is 11.7 Å². The van der Waals surface area contributed by atoms with Gasteiger partial charge in [-0.3, -0.25) is 4.79 Å². The number of piperidine rings is 1. The fourth-order valence-electron chi connectivity index (χ4n) is 4.86. The molecule has 0 saturated carbocycles. The fraction of sp³-hybridized carbons (Fsp3) is 0.259. The predicted molar refractivity (Wildman–Crippen MR) is 127 cm³/mol. The molecule has 5 nitrogen and oxygen atoms in total. The Bertz CT molecular complexity index is 1210. The van der Waals surface area contributed by atoms with E-state index >= 15 is 0 Å². The van der Waals surface area contributed by atoms with Gasteiger partial charge in [-0.2, -0.15) is 0 Å². The number of benzene rings is 3. The smallest absolute Gasteiger partial charge is 0.319 e. The van der Waals surface area contributed by atoms with Crippen LogP contribution in [0.5, 0.6) is 0 Å². The lowest BCUT2D eigenvalue weighted by atomic mass is 9.96. The Morgan fingerprint density at radius 3 is 2.70 bits per heavy atom. The van der Waals surface area contributed by atoms with Gasteiger partial charge in [0.2, 0.25) is 0 Å². The molecule has 1 aliphatic carbocycles. The number of anilines is 1. The quantitative estimate of drug-likeness (QED) is 0.463. The van der Waals surface area contributed by atoms with E-state index in [2.05, 4.69) is 34.9 Å². The Hall–Kier alpha value is -3.67. The number of hydrogen-bond donors (Lipinski definition) is 2. The largest absolute Gasteiger partial charge is 0.338 e. The number of fused-ring (bicyclic) bond motifs is 3. The molecule has 168 valence electrons. The summed E-state index contributed by atoms with van der Waals surface area (Å²) in [7, 11) is 0. The number of carbonyl (C=O) groups excluding carboxylic acids is 2. The van der Waals surface area contributed by atoms with Gasteiger partial charge in [0.05, 0.1) is 0 Å². The maximum absolute atomic E-state index is 13.3. The van der Waals surface area contributed by atoms with Gasteiger partial charge in [0.15, 0.2) is 0 Å². The number of halogens is 1. The second-order valence-electron chi connectivity index (χ2n) is 8.81. The molecule has 0 spiro atoms. The van der Waals surface area contributed by atoms with Crippen molar-refractivity contribution in [1.29, 1.82) is 0 Å². The van der Waals surface area contributed by atoms with Gasteiger partial charge in [-0.25, -0.2) is 9.18 Å². The first-order valence-electron chi connectivity index (χ1n) is 11.4. The third kappa shape index (κ3) is 4.60. The number of urea groups is 1. The Balaban J connectivity index is 1.18. The number of hydrogen-bond acceptors (Lipinski definition) is 2. The number of rotatable bonds is 4. The van der Waals surface area contributed by atoms with Crippen molar-refractivity contribution >= 4 is 17.6 Å². The Morgan fingerprint density at radius 1 is 0.970 bits per heavy atom. The highest BCUT2D eigenvalue weighted by Crippen LogP contribution is 2.37. The molecule has 1 heterocycles. The van der Waals surface area contributed by atoms with Gasteiger partial charge < -0.3 is 15.5 Å². The molecule has 5 rings (SSSR count). The average molecular weight is 444 g/mol. The molecule has 2 aliphatic rings. The molecule has 6 heteroatoms. The van der Waals surface area contributed by atoms with Crippen molar-refractivity contribution in [2.45, 2.75) is 19.3 Å². The molecule has 0 radical (unpaired) electrons. The van der Waals surface area contributed by atoms with E-state index in [1.54, 1.807) is 12.1 Å². The van der Waals surface area contributed by atoms with Crippen molar-refractivity contribution in [2.24, 2.45) is 5.92 Å². The van der Waals surface area contributed by atoms with E-state index in [0.717, 1.165) is 31.4 Å². The first-order chi connectivity index (χ1) is 16.1. The van der Waals surface area contributed by atoms with Crippen LogP contribution in [0.15, 0.2) is 66.7 Å². The molecule has 2 N–H and O–H groups in total. The molecule has 0 bridgehead atoms. The maximum atomic E-state index is 13.3. The lowest BCUT2D eigenvalue weighted by molar-refractivity contribution is 0.0675. The second kappa shape index (κ2) is 9.06. The number of nitrogens with zero attached hydrogens (tertiary/aromatic N) is 1. The van der Waals surface area contributed by atoms with E-state index in [-0.39, 0.29) is 17.9 Å². The summed E-state index contributed by atoms with van der Waals surface area (Å²) in [4.78, 5) is 27.3. The second-order valence-corrected chi connectivity index (χ2v) is 8.81. The van der Waals surface area contributed by atoms with Gasteiger partial charge in [0.1, 0.15) is 5.82 Å². The molecule has 33 heavy (non-hydrogen) atoms. The van der Waals surface area contributed by atoms with Gasteiger partial charge in [0, 0.05) is 30.9 Å². The van der Waals surface area contributed by atoms with Crippen LogP contribution < -0.4 is 10.6 Å². The number of carbonyl (C=O) groups is 2. The van der Waals surface area contributed by atoms with E-state index in [1.165, 1.54) is 34.4 Å². The standard InChI is InChI=1S/C27H26FN3O2/c28-22-7-3-8-23(15-22)30-27(33)29-16-18-5-4-12-31(17-18)26(32)20-10-11-25-21(14-20)13-19-6-1-2-9-24(19)25/h1-3,6-11,14-15,18H,4-5,12-13,16-17H2,(H2,29,30,33). The third-order valence-electron chi connectivity index (χ3n) is 6.48. The van der Waals surface area contributed by atoms with Crippen LogP contribution in [0.25, 0.3) is 11.1 Å². The van der Waals surface area contributed by atoms with E-state index in [9.17, 15) is 14.0 Å². The lowest BCUT2D eigenvalue weighted by Crippen LogP contribution is -2.44. The highest BCUT2D eigenvalue weighted by atomic mass is 19.1. The van der Waals surface area contributed by atoms with Crippen molar-refractivity contribution in [3.63, 3.8) is 0 Å². The van der Waals surface area contributed by atoms with E-state index in [1.807, 2.05) is 23.1 Å². The number of nitrogens with one attached hydrogen (secondary N) is 2. The number of amides is 3. The Morgan fingerprint density at radius 2 is 1.82 bits per heavy atom. The molecule has 1 saturated heterocycles. The van der Waals surface area contributed by atoms with E-state index in [0.29, 0.717) is 18.8 Å². The van der Waals surface area contributed by atoms with Crippen LogP contribution in [0.4, 0.5) is 14.9 Å². The zero-order chi connectivity index (χ0) is 22.8. The maximum Gasteiger partial charge on any atom is 0.319 e. The summed E-state index contributed by atoms with van der Waals surface area (Å²) in [5.41, 5.74) is 6.11. The van der Waals surface area contributed by atoms with Gasteiger partial charge in [-0.15, -0.1) is 0 Å². The van der Waals surface area contributed by atoms with Crippen LogP contribution in [0.3, 0.4) is 0 Å². The van der Waals surface area contributed by atoms with Crippen molar-refractivity contribution in [3.8, 4) is 11.1 Å². The van der Waals surface area contributed by atoms with Crippen LogP contribution in [-0.4, -0.2) is 36.5 Å². The zero-order valence-electron chi connectivity index (χ0n) is 18.3. The summed E-state index contributed by atoms with van der Waals surface area (Å²) in [6.07, 6.45) is 2.71. The first-order valence-corrected chi connectivity index (χ1v) is 11.4. The number of likely N-dealkylation sites (tertiary alicyclic amines) is 1. The van der Waals surface area contributed by atoms with Gasteiger partial charge in [-0.05, 0) is 77.8 Å². The first kappa shape index (κ1) is 21.2. The molecule has 1 unspecified atom stereocenters. The lowest BCUT2D eigenvalue weighted by Gasteiger charge is -2.33. The Labute approximate surface area is 192 Å². The zero-order valence-corrected chi connectivity index (χ0v) is 18.3. The average Bonchev–Trinajstić information content (AvgIpc) is 3.20. The van der Waals surface area contributed by atoms with Crippen molar-refractivity contribution in [3.05, 3.63) is 89.2 Å². The summed E-state index contributed by atoms with van der Waals surface area (Å²) >= 11 is 0. The molecule has 0 aromatic heterocycles. The van der Waals surface area contributed by atoms with Crippen molar-refractivity contribution in [2.75, 3.05) is 25.0 Å². The van der Waals surface area contributed by atoms with Gasteiger partial charge in [0.25, 0.3) is 5.91 Å². The van der Waals surface area contributed by atoms with Crippen LogP contribution >= 0.6 is 0 Å². The fourth-order valence-corrected chi connectivity index (χ4v) is 4.86. The summed E-state index contributed by atoms with van der Waals surface area (Å²) in [5, 5.41) is 5.50. The topological polar surface area (TPSA) is 61.4 Å². The van der Waals surface area contributed by atoms with Gasteiger partial charge in [-0.1, -0.05) is 36.4 Å². The third-order valence-corrected chi connectivity index (χ3v) is 6.48. The summed E-state index contributed by atoms with van der Waals surface area (Å²) in [6, 6.07) is 19.8. The van der Waals surface area contributed by atoms with Crippen molar-refractivity contribution < 1.29 is 14.0 Å². The molecular weight excluding hydrogens is 417 g/mol. The highest BCUT2D eigenvalue weighted by molar-refractivity contribution is 5.96. The Kier molecular flexibility index (Phi) is 5.82. The molecule has 3 amide bonds. The molecule has 1 fully saturated rings. The van der Waals surface area contributed by atoms with E-state index < -0.39 is 5.82 Å². The highest BCUT2D eigenvalue weighted by Gasteiger charge is 2.26. The minimum absolute atomic E-state index is 0.0441.